The van der Waals surface area contributed by atoms with Gasteiger partial charge in [0, 0.05) is 6.54 Å². The van der Waals surface area contributed by atoms with Gasteiger partial charge < -0.3 is 5.73 Å². The van der Waals surface area contributed by atoms with Gasteiger partial charge in [-0.3, -0.25) is 19.1 Å². The largest absolute Gasteiger partial charge is 0.384 e. The summed E-state index contributed by atoms with van der Waals surface area (Å²) in [6.07, 6.45) is 4.30. The molecule has 11 heteroatoms. The number of hydrogen-bond acceptors (Lipinski definition) is 8. The van der Waals surface area contributed by atoms with Crippen molar-refractivity contribution in [2.24, 2.45) is 5.92 Å². The van der Waals surface area contributed by atoms with Gasteiger partial charge in [-0.25, -0.2) is 9.48 Å². The summed E-state index contributed by atoms with van der Waals surface area (Å²) in [4.78, 5) is 39.0. The lowest BCUT2D eigenvalue weighted by Crippen LogP contribution is -2.37. The summed E-state index contributed by atoms with van der Waals surface area (Å²) < 4.78 is 2.98. The first kappa shape index (κ1) is 19.3. The molecule has 0 aliphatic heterocycles. The van der Waals surface area contributed by atoms with Gasteiger partial charge in [0.25, 0.3) is 5.56 Å². The van der Waals surface area contributed by atoms with Gasteiger partial charge in [0.2, 0.25) is 5.16 Å². The Morgan fingerprint density at radius 2 is 2.04 bits per heavy atom. The van der Waals surface area contributed by atoms with Crippen LogP contribution in [0, 0.1) is 5.92 Å². The smallest absolute Gasteiger partial charge is 0.329 e. The number of carbonyl (C=O) groups excluding carboxylic acids is 1. The number of hydrogen-bond donors (Lipinski definition) is 2. The number of aromatic nitrogens is 6. The molecule has 0 atom stereocenters. The lowest BCUT2D eigenvalue weighted by molar-refractivity contribution is 0.102. The number of nitrogens with two attached hydrogens (primary N) is 1. The van der Waals surface area contributed by atoms with Crippen LogP contribution < -0.4 is 17.0 Å². The van der Waals surface area contributed by atoms with Crippen LogP contribution in [0.2, 0.25) is 0 Å². The Balaban J connectivity index is 1.80. The zero-order valence-corrected chi connectivity index (χ0v) is 16.2. The minimum Gasteiger partial charge on any atom is -0.384 e. The average molecular weight is 393 g/mol. The Kier molecular flexibility index (Phi) is 5.78. The SMILES string of the molecule is CC(C)Cn1c(N)c(C(=O)CSc2nnnn2C2CCCC2)c(=O)[nH]c1=O. The van der Waals surface area contributed by atoms with Crippen LogP contribution in [0.25, 0.3) is 0 Å². The fraction of sp³-hybridized carbons (Fsp3) is 0.625. The summed E-state index contributed by atoms with van der Waals surface area (Å²) in [5, 5.41) is 12.3. The van der Waals surface area contributed by atoms with E-state index in [0.29, 0.717) is 11.7 Å². The van der Waals surface area contributed by atoms with Gasteiger partial charge in [0.15, 0.2) is 5.78 Å². The summed E-state index contributed by atoms with van der Waals surface area (Å²) in [5.74, 6) is -0.472. The van der Waals surface area contributed by atoms with Crippen LogP contribution in [0.1, 0.15) is 55.9 Å². The fourth-order valence-corrected chi connectivity index (χ4v) is 4.08. The highest BCUT2D eigenvalue weighted by atomic mass is 32.2. The van der Waals surface area contributed by atoms with Crippen LogP contribution in [0.5, 0.6) is 0 Å². The van der Waals surface area contributed by atoms with E-state index in [2.05, 4.69) is 20.5 Å². The Labute approximate surface area is 159 Å². The summed E-state index contributed by atoms with van der Waals surface area (Å²) >= 11 is 1.17. The second-order valence-corrected chi connectivity index (χ2v) is 8.02. The molecule has 1 aliphatic carbocycles. The molecular weight excluding hydrogens is 370 g/mol. The number of rotatable bonds is 7. The molecule has 0 bridgehead atoms. The van der Waals surface area contributed by atoms with Crippen molar-refractivity contribution in [2.75, 3.05) is 11.5 Å². The number of Topliss-reactive ketones (excluding diaryl/α,β-unsaturated/α-hetero) is 1. The molecule has 2 aromatic heterocycles. The number of ketones is 1. The standard InChI is InChI=1S/C16H23N7O3S/c1-9(2)7-22-13(17)12(14(25)18-15(22)26)11(24)8-27-16-19-20-21-23(16)10-5-3-4-6-10/h9-10H,3-8,17H2,1-2H3,(H,18,25,26). The molecule has 0 aromatic carbocycles. The summed E-state index contributed by atoms with van der Waals surface area (Å²) in [5.41, 5.74) is 4.41. The van der Waals surface area contributed by atoms with E-state index in [0.717, 1.165) is 25.7 Å². The molecule has 1 fully saturated rings. The number of anilines is 1. The minimum absolute atomic E-state index is 0.0414. The van der Waals surface area contributed by atoms with Crippen molar-refractivity contribution in [2.45, 2.75) is 57.3 Å². The highest BCUT2D eigenvalue weighted by Gasteiger charge is 2.24. The third-order valence-electron chi connectivity index (χ3n) is 4.53. The maximum atomic E-state index is 12.6. The summed E-state index contributed by atoms with van der Waals surface area (Å²) in [7, 11) is 0. The first-order valence-electron chi connectivity index (χ1n) is 8.95. The van der Waals surface area contributed by atoms with Gasteiger partial charge in [0.05, 0.1) is 11.8 Å². The number of H-pyrrole nitrogens is 1. The molecule has 1 saturated carbocycles. The molecule has 146 valence electrons. The van der Waals surface area contributed by atoms with E-state index in [1.165, 1.54) is 16.3 Å². The average Bonchev–Trinajstić information content (AvgIpc) is 3.27. The number of tetrazole rings is 1. The van der Waals surface area contributed by atoms with Crippen LogP contribution in [-0.2, 0) is 6.54 Å². The maximum Gasteiger partial charge on any atom is 0.329 e. The van der Waals surface area contributed by atoms with Crippen LogP contribution in [0.3, 0.4) is 0 Å². The topological polar surface area (TPSA) is 142 Å². The monoisotopic (exact) mass is 393 g/mol. The molecule has 0 unspecified atom stereocenters. The second kappa shape index (κ2) is 8.07. The van der Waals surface area contributed by atoms with Gasteiger partial charge >= 0.3 is 5.69 Å². The fourth-order valence-electron chi connectivity index (χ4n) is 3.26. The number of carbonyl (C=O) groups is 1. The Morgan fingerprint density at radius 3 is 2.70 bits per heavy atom. The third-order valence-corrected chi connectivity index (χ3v) is 5.47. The molecule has 0 radical (unpaired) electrons. The second-order valence-electron chi connectivity index (χ2n) is 7.08. The van der Waals surface area contributed by atoms with E-state index >= 15 is 0 Å². The normalized spacial score (nSPS) is 14.9. The lowest BCUT2D eigenvalue weighted by atomic mass is 10.2. The van der Waals surface area contributed by atoms with Gasteiger partial charge in [-0.1, -0.05) is 38.5 Å². The summed E-state index contributed by atoms with van der Waals surface area (Å²) in [6.45, 7) is 4.14. The van der Waals surface area contributed by atoms with Crippen molar-refractivity contribution in [3.8, 4) is 0 Å². The number of nitrogen functional groups attached to an aromatic ring is 1. The maximum absolute atomic E-state index is 12.6. The molecule has 3 N–H and O–H groups in total. The van der Waals surface area contributed by atoms with Crippen molar-refractivity contribution in [1.29, 1.82) is 0 Å². The molecule has 0 amide bonds. The first-order valence-corrected chi connectivity index (χ1v) is 9.93. The predicted octanol–water partition coefficient (Wildman–Crippen LogP) is 0.851. The number of nitrogens with zero attached hydrogens (tertiary/aromatic N) is 5. The van der Waals surface area contributed by atoms with Crippen LogP contribution in [-0.4, -0.2) is 41.3 Å². The molecule has 10 nitrogen and oxygen atoms in total. The van der Waals surface area contributed by atoms with E-state index in [4.69, 9.17) is 5.73 Å². The summed E-state index contributed by atoms with van der Waals surface area (Å²) in [6, 6.07) is 0.249. The molecule has 3 rings (SSSR count). The lowest BCUT2D eigenvalue weighted by Gasteiger charge is -2.14. The molecule has 27 heavy (non-hydrogen) atoms. The Bertz CT molecular complexity index is 940. The number of thioether (sulfide) groups is 1. The van der Waals surface area contributed by atoms with E-state index in [-0.39, 0.29) is 29.1 Å². The van der Waals surface area contributed by atoms with Crippen molar-refractivity contribution < 1.29 is 4.79 Å². The van der Waals surface area contributed by atoms with Gasteiger partial charge in [-0.05, 0) is 29.2 Å². The molecule has 2 heterocycles. The van der Waals surface area contributed by atoms with E-state index < -0.39 is 17.0 Å². The predicted molar refractivity (Wildman–Crippen MR) is 101 cm³/mol. The van der Waals surface area contributed by atoms with Gasteiger partial charge in [0.1, 0.15) is 11.4 Å². The molecule has 1 aliphatic rings. The number of nitrogens with one attached hydrogen (secondary N) is 1. The highest BCUT2D eigenvalue weighted by molar-refractivity contribution is 7.99. The zero-order chi connectivity index (χ0) is 19.6. The molecule has 2 aromatic rings. The quantitative estimate of drug-likeness (QED) is 0.521. The molecule has 0 spiro atoms. The van der Waals surface area contributed by atoms with Crippen molar-refractivity contribution >= 4 is 23.4 Å². The van der Waals surface area contributed by atoms with Crippen molar-refractivity contribution in [3.63, 3.8) is 0 Å². The Morgan fingerprint density at radius 1 is 1.33 bits per heavy atom. The van der Waals surface area contributed by atoms with Crippen molar-refractivity contribution in [3.05, 3.63) is 26.4 Å². The van der Waals surface area contributed by atoms with Crippen LogP contribution >= 0.6 is 11.8 Å². The number of aromatic amines is 1. The van der Waals surface area contributed by atoms with Crippen molar-refractivity contribution in [1.82, 2.24) is 29.8 Å². The van der Waals surface area contributed by atoms with E-state index in [1.807, 2.05) is 13.8 Å². The van der Waals surface area contributed by atoms with Crippen LogP contribution in [0.15, 0.2) is 14.7 Å². The van der Waals surface area contributed by atoms with E-state index in [9.17, 15) is 14.4 Å². The highest BCUT2D eigenvalue weighted by Crippen LogP contribution is 2.31. The minimum atomic E-state index is -0.765. The zero-order valence-electron chi connectivity index (χ0n) is 15.3. The Hall–Kier alpha value is -2.43. The first-order chi connectivity index (χ1) is 12.9. The van der Waals surface area contributed by atoms with E-state index in [1.54, 1.807) is 4.68 Å². The molecule has 0 saturated heterocycles. The third kappa shape index (κ3) is 4.12. The van der Waals surface area contributed by atoms with Gasteiger partial charge in [-0.2, -0.15) is 0 Å². The molecular formula is C16H23N7O3S. The van der Waals surface area contributed by atoms with Crippen LogP contribution in [0.4, 0.5) is 5.82 Å². The van der Waals surface area contributed by atoms with Gasteiger partial charge in [-0.15, -0.1) is 5.10 Å².